The first-order valence-electron chi connectivity index (χ1n) is 4.66. The van der Waals surface area contributed by atoms with E-state index in [0.717, 1.165) is 11.4 Å². The minimum atomic E-state index is -0.327. The summed E-state index contributed by atoms with van der Waals surface area (Å²) in [6, 6.07) is 1.86. The number of amides is 1. The summed E-state index contributed by atoms with van der Waals surface area (Å²) in [5.41, 5.74) is 6.75. The zero-order chi connectivity index (χ0) is 11.3. The molecule has 1 rings (SSSR count). The average Bonchev–Trinajstić information content (AvgIpc) is 2.17. The number of rotatable bonds is 5. The number of aromatic nitrogens is 1. The van der Waals surface area contributed by atoms with Crippen molar-refractivity contribution in [2.45, 2.75) is 13.3 Å². The largest absolute Gasteiger partial charge is 0.493 e. The lowest BCUT2D eigenvalue weighted by atomic mass is 10.3. The first-order chi connectivity index (χ1) is 7.13. The standard InChI is InChI=1S/C10H15N3O2/c1-7-5-8(9(15-2)6-13-7)12-4-3-10(11)14/h5-6H,3-4H2,1-2H3,(H2,11,14)(H,12,13). The lowest BCUT2D eigenvalue weighted by Gasteiger charge is -2.10. The lowest BCUT2D eigenvalue weighted by molar-refractivity contribution is -0.117. The highest BCUT2D eigenvalue weighted by Crippen LogP contribution is 2.23. The normalized spacial score (nSPS) is 9.73. The first-order valence-corrected chi connectivity index (χ1v) is 4.66. The van der Waals surface area contributed by atoms with Gasteiger partial charge in [-0.2, -0.15) is 0 Å². The van der Waals surface area contributed by atoms with Crippen molar-refractivity contribution < 1.29 is 9.53 Å². The van der Waals surface area contributed by atoms with Crippen LogP contribution in [-0.2, 0) is 4.79 Å². The summed E-state index contributed by atoms with van der Waals surface area (Å²) in [7, 11) is 1.58. The van der Waals surface area contributed by atoms with E-state index in [0.29, 0.717) is 18.7 Å². The molecule has 0 aromatic carbocycles. The van der Waals surface area contributed by atoms with E-state index in [1.165, 1.54) is 0 Å². The van der Waals surface area contributed by atoms with Crippen LogP contribution >= 0.6 is 0 Å². The minimum absolute atomic E-state index is 0.296. The molecule has 0 radical (unpaired) electrons. The number of nitrogens with one attached hydrogen (secondary N) is 1. The number of primary amides is 1. The fourth-order valence-corrected chi connectivity index (χ4v) is 1.17. The number of methoxy groups -OCH3 is 1. The van der Waals surface area contributed by atoms with E-state index in [4.69, 9.17) is 10.5 Å². The fourth-order valence-electron chi connectivity index (χ4n) is 1.17. The van der Waals surface area contributed by atoms with E-state index in [2.05, 4.69) is 10.3 Å². The summed E-state index contributed by atoms with van der Waals surface area (Å²) in [5.74, 6) is 0.331. The number of aryl methyl sites for hydroxylation is 1. The number of nitrogens with two attached hydrogens (primary N) is 1. The van der Waals surface area contributed by atoms with E-state index in [-0.39, 0.29) is 5.91 Å². The molecule has 1 heterocycles. The molecule has 0 aliphatic carbocycles. The Morgan fingerprint density at radius 1 is 1.67 bits per heavy atom. The summed E-state index contributed by atoms with van der Waals surface area (Å²) in [4.78, 5) is 14.6. The Hall–Kier alpha value is -1.78. The van der Waals surface area contributed by atoms with Crippen LogP contribution in [0.25, 0.3) is 0 Å². The fraction of sp³-hybridized carbons (Fsp3) is 0.400. The quantitative estimate of drug-likeness (QED) is 0.747. The molecule has 0 saturated carbocycles. The molecule has 1 amide bonds. The second-order valence-electron chi connectivity index (χ2n) is 3.17. The molecular weight excluding hydrogens is 194 g/mol. The molecule has 0 fully saturated rings. The third-order valence-corrected chi connectivity index (χ3v) is 1.91. The van der Waals surface area contributed by atoms with Crippen molar-refractivity contribution in [2.24, 2.45) is 5.73 Å². The second kappa shape index (κ2) is 5.19. The van der Waals surface area contributed by atoms with Gasteiger partial charge in [0.25, 0.3) is 0 Å². The molecule has 5 heteroatoms. The Bertz CT molecular complexity index is 353. The monoisotopic (exact) mass is 209 g/mol. The van der Waals surface area contributed by atoms with Crippen molar-refractivity contribution in [3.63, 3.8) is 0 Å². The summed E-state index contributed by atoms with van der Waals surface area (Å²) in [5, 5.41) is 3.07. The van der Waals surface area contributed by atoms with Crippen LogP contribution in [0.3, 0.4) is 0 Å². The van der Waals surface area contributed by atoms with Crippen LogP contribution < -0.4 is 15.8 Å². The van der Waals surface area contributed by atoms with Gasteiger partial charge in [-0.05, 0) is 13.0 Å². The maximum atomic E-state index is 10.5. The van der Waals surface area contributed by atoms with Crippen molar-refractivity contribution in [1.29, 1.82) is 0 Å². The maximum Gasteiger partial charge on any atom is 0.219 e. The number of ether oxygens (including phenoxy) is 1. The van der Waals surface area contributed by atoms with Crippen molar-refractivity contribution in [3.05, 3.63) is 18.0 Å². The van der Waals surface area contributed by atoms with Crippen LogP contribution in [-0.4, -0.2) is 24.5 Å². The van der Waals surface area contributed by atoms with Gasteiger partial charge < -0.3 is 15.8 Å². The molecule has 0 bridgehead atoms. The molecular formula is C10H15N3O2. The van der Waals surface area contributed by atoms with Gasteiger partial charge in [0.2, 0.25) is 5.91 Å². The van der Waals surface area contributed by atoms with Crippen LogP contribution in [0.4, 0.5) is 5.69 Å². The number of carbonyl (C=O) groups excluding carboxylic acids is 1. The number of nitrogens with zero attached hydrogens (tertiary/aromatic N) is 1. The van der Waals surface area contributed by atoms with Crippen LogP contribution in [0.15, 0.2) is 12.3 Å². The van der Waals surface area contributed by atoms with Gasteiger partial charge in [-0.1, -0.05) is 0 Å². The van der Waals surface area contributed by atoms with Gasteiger partial charge in [0.15, 0.2) is 5.75 Å². The Kier molecular flexibility index (Phi) is 3.91. The summed E-state index contributed by atoms with van der Waals surface area (Å²) in [6.45, 7) is 2.38. The van der Waals surface area contributed by atoms with Gasteiger partial charge in [0.1, 0.15) is 0 Å². The molecule has 1 aromatic rings. The second-order valence-corrected chi connectivity index (χ2v) is 3.17. The molecule has 0 spiro atoms. The van der Waals surface area contributed by atoms with Crippen LogP contribution in [0.2, 0.25) is 0 Å². The Morgan fingerprint density at radius 3 is 3.00 bits per heavy atom. The van der Waals surface area contributed by atoms with E-state index in [1.807, 2.05) is 13.0 Å². The van der Waals surface area contributed by atoms with Gasteiger partial charge in [0.05, 0.1) is 19.0 Å². The smallest absolute Gasteiger partial charge is 0.219 e. The van der Waals surface area contributed by atoms with E-state index in [1.54, 1.807) is 13.3 Å². The van der Waals surface area contributed by atoms with E-state index in [9.17, 15) is 4.79 Å². The number of hydrogen-bond acceptors (Lipinski definition) is 4. The average molecular weight is 209 g/mol. The van der Waals surface area contributed by atoms with Gasteiger partial charge in [-0.25, -0.2) is 0 Å². The number of pyridine rings is 1. The van der Waals surface area contributed by atoms with Crippen molar-refractivity contribution in [1.82, 2.24) is 4.98 Å². The molecule has 5 nitrogen and oxygen atoms in total. The number of carbonyl (C=O) groups is 1. The van der Waals surface area contributed by atoms with Crippen LogP contribution in [0.1, 0.15) is 12.1 Å². The highest BCUT2D eigenvalue weighted by molar-refractivity contribution is 5.74. The molecule has 82 valence electrons. The molecule has 0 saturated heterocycles. The van der Waals surface area contributed by atoms with Gasteiger partial charge >= 0.3 is 0 Å². The highest BCUT2D eigenvalue weighted by atomic mass is 16.5. The zero-order valence-electron chi connectivity index (χ0n) is 8.91. The SMILES string of the molecule is COc1cnc(C)cc1NCCC(N)=O. The highest BCUT2D eigenvalue weighted by Gasteiger charge is 2.03. The zero-order valence-corrected chi connectivity index (χ0v) is 8.91. The molecule has 0 atom stereocenters. The first kappa shape index (κ1) is 11.3. The Morgan fingerprint density at radius 2 is 2.40 bits per heavy atom. The molecule has 0 aliphatic rings. The Labute approximate surface area is 88.6 Å². The third kappa shape index (κ3) is 3.46. The van der Waals surface area contributed by atoms with Crippen LogP contribution in [0, 0.1) is 6.92 Å². The predicted octanol–water partition coefficient (Wildman–Crippen LogP) is 0.686. The summed E-state index contributed by atoms with van der Waals surface area (Å²) in [6.07, 6.45) is 1.94. The van der Waals surface area contributed by atoms with Crippen molar-refractivity contribution in [3.8, 4) is 5.75 Å². The predicted molar refractivity (Wildman–Crippen MR) is 57.8 cm³/mol. The molecule has 1 aromatic heterocycles. The number of anilines is 1. The summed E-state index contributed by atoms with van der Waals surface area (Å²) >= 11 is 0. The van der Waals surface area contributed by atoms with Crippen molar-refractivity contribution in [2.75, 3.05) is 19.0 Å². The van der Waals surface area contributed by atoms with E-state index >= 15 is 0 Å². The van der Waals surface area contributed by atoms with Gasteiger partial charge in [0, 0.05) is 18.7 Å². The van der Waals surface area contributed by atoms with Crippen molar-refractivity contribution >= 4 is 11.6 Å². The minimum Gasteiger partial charge on any atom is -0.493 e. The third-order valence-electron chi connectivity index (χ3n) is 1.91. The van der Waals surface area contributed by atoms with Gasteiger partial charge in [-0.15, -0.1) is 0 Å². The molecule has 3 N–H and O–H groups in total. The molecule has 0 unspecified atom stereocenters. The van der Waals surface area contributed by atoms with Gasteiger partial charge in [-0.3, -0.25) is 9.78 Å². The van der Waals surface area contributed by atoms with Crippen LogP contribution in [0.5, 0.6) is 5.75 Å². The topological polar surface area (TPSA) is 77.2 Å². The summed E-state index contributed by atoms with van der Waals surface area (Å²) < 4.78 is 5.12. The number of hydrogen-bond donors (Lipinski definition) is 2. The lowest BCUT2D eigenvalue weighted by Crippen LogP contribution is -2.16. The molecule has 15 heavy (non-hydrogen) atoms. The maximum absolute atomic E-state index is 10.5. The van der Waals surface area contributed by atoms with E-state index < -0.39 is 0 Å². The Balaban J connectivity index is 2.65. The molecule has 0 aliphatic heterocycles.